The van der Waals surface area contributed by atoms with E-state index < -0.39 is 15.9 Å². The van der Waals surface area contributed by atoms with E-state index in [1.807, 2.05) is 18.2 Å². The smallest absolute Gasteiger partial charge is 0.265 e. The molecule has 1 aromatic carbocycles. The molecule has 0 radical (unpaired) electrons. The summed E-state index contributed by atoms with van der Waals surface area (Å²) in [7, 11) is -2.13. The lowest BCUT2D eigenvalue weighted by Gasteiger charge is -2.07. The monoisotopic (exact) mass is 334 g/mol. The molecule has 1 amide bonds. The van der Waals surface area contributed by atoms with Gasteiger partial charge in [0, 0.05) is 32.9 Å². The van der Waals surface area contributed by atoms with Gasteiger partial charge in [-0.05, 0) is 22.8 Å². The van der Waals surface area contributed by atoms with Crippen molar-refractivity contribution in [2.24, 2.45) is 12.8 Å². The number of carbonyl (C=O) groups is 1. The number of aromatic nitrogens is 1. The van der Waals surface area contributed by atoms with E-state index in [4.69, 9.17) is 5.73 Å². The first-order chi connectivity index (χ1) is 10.9. The topological polar surface area (TPSA) is 106 Å². The molecule has 1 aromatic heterocycles. The van der Waals surface area contributed by atoms with E-state index >= 15 is 0 Å². The van der Waals surface area contributed by atoms with Crippen LogP contribution in [0.5, 0.6) is 0 Å². The molecule has 2 heterocycles. The molecule has 0 spiro atoms. The highest BCUT2D eigenvalue weighted by Crippen LogP contribution is 2.18. The number of benzene rings is 1. The summed E-state index contributed by atoms with van der Waals surface area (Å²) < 4.78 is 28.6. The van der Waals surface area contributed by atoms with Gasteiger partial charge in [-0.3, -0.25) is 4.79 Å². The summed E-state index contributed by atoms with van der Waals surface area (Å²) in [6.45, 7) is 1.84. The van der Waals surface area contributed by atoms with Gasteiger partial charge in [0.2, 0.25) is 10.0 Å². The average molecular weight is 334 g/mol. The van der Waals surface area contributed by atoms with Crippen LogP contribution in [0.2, 0.25) is 0 Å². The fraction of sp³-hybridized carbons (Fsp3) is 0.267. The van der Waals surface area contributed by atoms with Crippen molar-refractivity contribution in [2.75, 3.05) is 0 Å². The van der Waals surface area contributed by atoms with Crippen molar-refractivity contribution >= 4 is 15.9 Å². The van der Waals surface area contributed by atoms with Crippen LogP contribution in [0.1, 0.15) is 27.2 Å². The lowest BCUT2D eigenvalue weighted by Crippen LogP contribution is -2.23. The number of rotatable bonds is 5. The number of carbonyl (C=O) groups excluding carboxylic acids is 1. The molecule has 7 nitrogen and oxygen atoms in total. The maximum atomic E-state index is 12.3. The van der Waals surface area contributed by atoms with Crippen molar-refractivity contribution in [3.63, 3.8) is 0 Å². The maximum absolute atomic E-state index is 12.3. The van der Waals surface area contributed by atoms with Crippen LogP contribution in [0, 0.1) is 0 Å². The molecule has 0 unspecified atom stereocenters. The number of sulfonamides is 1. The highest BCUT2D eigenvalue weighted by molar-refractivity contribution is 7.89. The summed E-state index contributed by atoms with van der Waals surface area (Å²) in [6, 6.07) is 7.19. The maximum Gasteiger partial charge on any atom is 0.265 e. The van der Waals surface area contributed by atoms with Gasteiger partial charge in [-0.2, -0.15) is 0 Å². The lowest BCUT2D eigenvalue weighted by molar-refractivity contribution is 0.0992. The van der Waals surface area contributed by atoms with E-state index in [1.54, 1.807) is 7.05 Å². The molecule has 0 aliphatic carbocycles. The van der Waals surface area contributed by atoms with Crippen molar-refractivity contribution in [3.05, 3.63) is 52.8 Å². The number of nitrogens with zero attached hydrogens (tertiary/aromatic N) is 1. The molecule has 2 aromatic rings. The normalized spacial score (nSPS) is 14.0. The summed E-state index contributed by atoms with van der Waals surface area (Å²) >= 11 is 0. The van der Waals surface area contributed by atoms with Crippen LogP contribution in [0.25, 0.3) is 0 Å². The third-order valence-electron chi connectivity index (χ3n) is 3.91. The molecule has 4 N–H and O–H groups in total. The molecule has 0 bridgehead atoms. The van der Waals surface area contributed by atoms with Crippen LogP contribution in [0.3, 0.4) is 0 Å². The summed E-state index contributed by atoms with van der Waals surface area (Å²) in [5.74, 6) is -0.667. The van der Waals surface area contributed by atoms with Gasteiger partial charge >= 0.3 is 0 Å². The van der Waals surface area contributed by atoms with Crippen molar-refractivity contribution in [1.29, 1.82) is 0 Å². The Hall–Kier alpha value is -2.16. The first kappa shape index (κ1) is 15.7. The standard InChI is InChI=1S/C15H18N4O3S/c1-19-9-13(5-14(19)15(16)20)23(21,22)18-6-10-2-3-11-7-17-8-12(11)4-10/h2-5,9,17-18H,6-8H2,1H3,(H2,16,20). The molecular weight excluding hydrogens is 316 g/mol. The Morgan fingerprint density at radius 2 is 2.04 bits per heavy atom. The molecule has 8 heteroatoms. The number of primary amides is 1. The number of aryl methyl sites for hydroxylation is 1. The SMILES string of the molecule is Cn1cc(S(=O)(=O)NCc2ccc3c(c2)CNC3)cc1C(N)=O. The third kappa shape index (κ3) is 3.14. The third-order valence-corrected chi connectivity index (χ3v) is 5.28. The van der Waals surface area contributed by atoms with Crippen LogP contribution >= 0.6 is 0 Å². The van der Waals surface area contributed by atoms with Gasteiger partial charge in [0.15, 0.2) is 0 Å². The lowest BCUT2D eigenvalue weighted by atomic mass is 10.1. The molecule has 0 saturated carbocycles. The predicted molar refractivity (Wildman–Crippen MR) is 84.9 cm³/mol. The molecule has 122 valence electrons. The molecule has 23 heavy (non-hydrogen) atoms. The van der Waals surface area contributed by atoms with Crippen LogP contribution in [-0.4, -0.2) is 18.9 Å². The number of nitrogens with one attached hydrogen (secondary N) is 2. The summed E-state index contributed by atoms with van der Waals surface area (Å²) in [5, 5.41) is 3.25. The Kier molecular flexibility index (Phi) is 3.97. The largest absolute Gasteiger partial charge is 0.364 e. The number of hydrogen-bond donors (Lipinski definition) is 3. The highest BCUT2D eigenvalue weighted by Gasteiger charge is 2.19. The molecule has 3 rings (SSSR count). The van der Waals surface area contributed by atoms with Gasteiger partial charge in [0.05, 0.1) is 0 Å². The van der Waals surface area contributed by atoms with Gasteiger partial charge in [-0.1, -0.05) is 18.2 Å². The Labute approximate surface area is 134 Å². The number of nitrogens with two attached hydrogens (primary N) is 1. The van der Waals surface area contributed by atoms with Gasteiger partial charge < -0.3 is 15.6 Å². The van der Waals surface area contributed by atoms with E-state index in [9.17, 15) is 13.2 Å². The second-order valence-corrected chi connectivity index (χ2v) is 7.33. The molecular formula is C15H18N4O3S. The van der Waals surface area contributed by atoms with Crippen LogP contribution < -0.4 is 15.8 Å². The second kappa shape index (κ2) is 5.80. The Morgan fingerprint density at radius 1 is 1.30 bits per heavy atom. The van der Waals surface area contributed by atoms with Gasteiger partial charge in [-0.25, -0.2) is 13.1 Å². The van der Waals surface area contributed by atoms with Crippen LogP contribution in [0.15, 0.2) is 35.4 Å². The Bertz CT molecular complexity index is 871. The predicted octanol–water partition coefficient (Wildman–Crippen LogP) is 0.206. The van der Waals surface area contributed by atoms with E-state index in [2.05, 4.69) is 10.0 Å². The summed E-state index contributed by atoms with van der Waals surface area (Å²) in [4.78, 5) is 11.3. The summed E-state index contributed by atoms with van der Waals surface area (Å²) in [5.41, 5.74) is 8.68. The first-order valence-corrected chi connectivity index (χ1v) is 8.62. The fourth-order valence-electron chi connectivity index (χ4n) is 2.65. The zero-order valence-electron chi connectivity index (χ0n) is 12.7. The highest BCUT2D eigenvalue weighted by atomic mass is 32.2. The molecule has 0 fully saturated rings. The molecule has 1 aliphatic rings. The van der Waals surface area contributed by atoms with E-state index in [-0.39, 0.29) is 17.1 Å². The average Bonchev–Trinajstić information content (AvgIpc) is 3.11. The number of fused-ring (bicyclic) bond motifs is 1. The number of hydrogen-bond acceptors (Lipinski definition) is 4. The second-order valence-electron chi connectivity index (χ2n) is 5.57. The van der Waals surface area contributed by atoms with Crippen molar-refractivity contribution in [2.45, 2.75) is 24.5 Å². The van der Waals surface area contributed by atoms with Crippen molar-refractivity contribution < 1.29 is 13.2 Å². The van der Waals surface area contributed by atoms with E-state index in [0.717, 1.165) is 18.7 Å². The minimum Gasteiger partial charge on any atom is -0.364 e. The minimum absolute atomic E-state index is 0.0247. The molecule has 1 aliphatic heterocycles. The van der Waals surface area contributed by atoms with Crippen molar-refractivity contribution in [1.82, 2.24) is 14.6 Å². The quantitative estimate of drug-likeness (QED) is 0.726. The zero-order valence-corrected chi connectivity index (χ0v) is 13.5. The Morgan fingerprint density at radius 3 is 2.74 bits per heavy atom. The minimum atomic E-state index is -3.70. The summed E-state index contributed by atoms with van der Waals surface area (Å²) in [6.07, 6.45) is 1.37. The first-order valence-electron chi connectivity index (χ1n) is 7.14. The van der Waals surface area contributed by atoms with Crippen molar-refractivity contribution in [3.8, 4) is 0 Å². The zero-order chi connectivity index (χ0) is 16.6. The Balaban J connectivity index is 1.76. The van der Waals surface area contributed by atoms with Gasteiger partial charge in [0.25, 0.3) is 5.91 Å². The number of amides is 1. The fourth-order valence-corrected chi connectivity index (χ4v) is 3.73. The van der Waals surface area contributed by atoms with Gasteiger partial charge in [-0.15, -0.1) is 0 Å². The van der Waals surface area contributed by atoms with E-state index in [1.165, 1.54) is 28.0 Å². The molecule has 0 saturated heterocycles. The van der Waals surface area contributed by atoms with Crippen LogP contribution in [-0.2, 0) is 36.7 Å². The van der Waals surface area contributed by atoms with Crippen LogP contribution in [0.4, 0.5) is 0 Å². The van der Waals surface area contributed by atoms with E-state index in [0.29, 0.717) is 0 Å². The van der Waals surface area contributed by atoms with Gasteiger partial charge in [0.1, 0.15) is 10.6 Å². The molecule has 0 atom stereocenters.